The highest BCUT2D eigenvalue weighted by atomic mass is 32.2. The molecule has 0 spiro atoms. The first-order valence-electron chi connectivity index (χ1n) is 8.49. The highest BCUT2D eigenvalue weighted by Crippen LogP contribution is 2.20. The molecule has 0 fully saturated rings. The van der Waals surface area contributed by atoms with Crippen LogP contribution in [0.25, 0.3) is 12.2 Å². The Balaban J connectivity index is 1.81. The van der Waals surface area contributed by atoms with Gasteiger partial charge < -0.3 is 9.88 Å². The smallest absolute Gasteiger partial charge is 0.267 e. The first kappa shape index (κ1) is 19.4. The number of sulfonamides is 1. The second-order valence-corrected chi connectivity index (χ2v) is 7.75. The lowest BCUT2D eigenvalue weighted by molar-refractivity contribution is 0.0955. The van der Waals surface area contributed by atoms with Crippen LogP contribution in [0.5, 0.6) is 0 Å². The van der Waals surface area contributed by atoms with Crippen LogP contribution < -0.4 is 10.0 Å². The largest absolute Gasteiger partial charge is 0.354 e. The predicted octanol–water partition coefficient (Wildman–Crippen LogP) is 2.75. The van der Waals surface area contributed by atoms with Crippen LogP contribution in [0.15, 0.2) is 65.8 Å². The molecule has 0 aliphatic heterocycles. The van der Waals surface area contributed by atoms with E-state index in [0.29, 0.717) is 5.69 Å². The van der Waals surface area contributed by atoms with Gasteiger partial charge in [0.1, 0.15) is 10.6 Å². The van der Waals surface area contributed by atoms with Crippen LogP contribution in [0.4, 0.5) is 5.69 Å². The number of pyridine rings is 1. The summed E-state index contributed by atoms with van der Waals surface area (Å²) in [5.74, 6) is -0.356. The molecule has 2 aromatic heterocycles. The van der Waals surface area contributed by atoms with E-state index in [9.17, 15) is 13.2 Å². The minimum absolute atomic E-state index is 0.0167. The van der Waals surface area contributed by atoms with Gasteiger partial charge in [0.05, 0.1) is 5.69 Å². The van der Waals surface area contributed by atoms with Crippen molar-refractivity contribution < 1.29 is 13.2 Å². The Hall–Kier alpha value is -3.39. The van der Waals surface area contributed by atoms with E-state index in [1.54, 1.807) is 31.4 Å². The number of anilines is 1. The number of amides is 1. The minimum atomic E-state index is -3.83. The fourth-order valence-electron chi connectivity index (χ4n) is 2.61. The molecule has 7 nitrogen and oxygen atoms in total. The SMILES string of the molecule is CNC(=O)c1cc(S(=O)(=O)Nc2cccc(/C=C/c3ccccn3)c2)cn1C. The quantitative estimate of drug-likeness (QED) is 0.670. The van der Waals surface area contributed by atoms with Gasteiger partial charge in [0.15, 0.2) is 0 Å². The molecule has 0 atom stereocenters. The highest BCUT2D eigenvalue weighted by Gasteiger charge is 2.20. The van der Waals surface area contributed by atoms with Crippen molar-refractivity contribution in [2.45, 2.75) is 4.90 Å². The highest BCUT2D eigenvalue weighted by molar-refractivity contribution is 7.92. The molecule has 0 radical (unpaired) electrons. The molecule has 8 heteroatoms. The molecule has 0 saturated heterocycles. The maximum atomic E-state index is 12.7. The van der Waals surface area contributed by atoms with Gasteiger partial charge in [0.25, 0.3) is 15.9 Å². The summed E-state index contributed by atoms with van der Waals surface area (Å²) in [7, 11) is -0.718. The summed E-state index contributed by atoms with van der Waals surface area (Å²) < 4.78 is 29.4. The number of nitrogens with one attached hydrogen (secondary N) is 2. The zero-order valence-corrected chi connectivity index (χ0v) is 16.3. The topological polar surface area (TPSA) is 93.1 Å². The summed E-state index contributed by atoms with van der Waals surface area (Å²) in [6.45, 7) is 0. The second-order valence-electron chi connectivity index (χ2n) is 6.07. The van der Waals surface area contributed by atoms with Crippen molar-refractivity contribution in [1.82, 2.24) is 14.9 Å². The van der Waals surface area contributed by atoms with Crippen LogP contribution in [0.1, 0.15) is 21.7 Å². The first-order chi connectivity index (χ1) is 13.4. The number of aromatic nitrogens is 2. The van der Waals surface area contributed by atoms with Crippen LogP contribution in [-0.2, 0) is 17.1 Å². The monoisotopic (exact) mass is 396 g/mol. The van der Waals surface area contributed by atoms with Crippen LogP contribution in [-0.4, -0.2) is 30.9 Å². The predicted molar refractivity (Wildman–Crippen MR) is 109 cm³/mol. The van der Waals surface area contributed by atoms with Crippen LogP contribution in [0.3, 0.4) is 0 Å². The fourth-order valence-corrected chi connectivity index (χ4v) is 3.73. The van der Waals surface area contributed by atoms with E-state index in [1.165, 1.54) is 23.9 Å². The zero-order valence-electron chi connectivity index (χ0n) is 15.5. The Morgan fingerprint density at radius 2 is 1.93 bits per heavy atom. The van der Waals surface area contributed by atoms with Crippen molar-refractivity contribution in [2.24, 2.45) is 7.05 Å². The lowest BCUT2D eigenvalue weighted by atomic mass is 10.2. The molecule has 0 unspecified atom stereocenters. The van der Waals surface area contributed by atoms with Crippen molar-refractivity contribution in [2.75, 3.05) is 11.8 Å². The molecule has 144 valence electrons. The van der Waals surface area contributed by atoms with Gasteiger partial charge in [-0.25, -0.2) is 8.42 Å². The van der Waals surface area contributed by atoms with Gasteiger partial charge in [-0.15, -0.1) is 0 Å². The molecular weight excluding hydrogens is 376 g/mol. The second kappa shape index (κ2) is 8.10. The average molecular weight is 396 g/mol. The van der Waals surface area contributed by atoms with E-state index in [2.05, 4.69) is 15.0 Å². The van der Waals surface area contributed by atoms with E-state index >= 15 is 0 Å². The summed E-state index contributed by atoms with van der Waals surface area (Å²) in [4.78, 5) is 16.0. The molecule has 3 rings (SSSR count). The van der Waals surface area contributed by atoms with Gasteiger partial charge in [-0.05, 0) is 42.0 Å². The third kappa shape index (κ3) is 4.47. The van der Waals surface area contributed by atoms with Crippen molar-refractivity contribution in [3.63, 3.8) is 0 Å². The number of hydrogen-bond acceptors (Lipinski definition) is 4. The maximum absolute atomic E-state index is 12.7. The van der Waals surface area contributed by atoms with E-state index in [0.717, 1.165) is 11.3 Å². The van der Waals surface area contributed by atoms with Gasteiger partial charge in [-0.3, -0.25) is 14.5 Å². The number of rotatable bonds is 6. The maximum Gasteiger partial charge on any atom is 0.267 e. The summed E-state index contributed by atoms with van der Waals surface area (Å²) in [6.07, 6.45) is 6.81. The number of nitrogens with zero attached hydrogens (tertiary/aromatic N) is 2. The molecule has 0 saturated carbocycles. The van der Waals surface area contributed by atoms with Crippen molar-refractivity contribution in [1.29, 1.82) is 0 Å². The van der Waals surface area contributed by atoms with Crippen LogP contribution in [0.2, 0.25) is 0 Å². The Labute approximate surface area is 163 Å². The van der Waals surface area contributed by atoms with Crippen molar-refractivity contribution in [3.8, 4) is 0 Å². The van der Waals surface area contributed by atoms with E-state index in [-0.39, 0.29) is 16.5 Å². The fraction of sp³-hybridized carbons (Fsp3) is 0.100. The number of carbonyl (C=O) groups is 1. The van der Waals surface area contributed by atoms with Crippen molar-refractivity contribution in [3.05, 3.63) is 77.9 Å². The molecule has 28 heavy (non-hydrogen) atoms. The number of benzene rings is 1. The summed E-state index contributed by atoms with van der Waals surface area (Å²) in [5.41, 5.74) is 2.31. The lowest BCUT2D eigenvalue weighted by Gasteiger charge is -2.07. The number of hydrogen-bond donors (Lipinski definition) is 2. The number of carbonyl (C=O) groups excluding carboxylic acids is 1. The molecule has 1 amide bonds. The van der Waals surface area contributed by atoms with Gasteiger partial charge in [-0.2, -0.15) is 0 Å². The minimum Gasteiger partial charge on any atom is -0.354 e. The summed E-state index contributed by atoms with van der Waals surface area (Å²) >= 11 is 0. The number of aryl methyl sites for hydroxylation is 1. The van der Waals surface area contributed by atoms with Crippen molar-refractivity contribution >= 4 is 33.8 Å². The molecule has 0 aliphatic carbocycles. The molecule has 3 aromatic rings. The van der Waals surface area contributed by atoms with Gasteiger partial charge in [-0.1, -0.05) is 24.3 Å². The third-order valence-electron chi connectivity index (χ3n) is 4.02. The Morgan fingerprint density at radius 1 is 1.11 bits per heavy atom. The standard InChI is InChI=1S/C20H20N4O3S/c1-21-20(25)19-13-18(14-24(19)2)28(26,27)23-17-8-5-6-15(12-17)9-10-16-7-3-4-11-22-16/h3-14,23H,1-2H3,(H,21,25)/b10-9+. The van der Waals surface area contributed by atoms with Gasteiger partial charge in [0.2, 0.25) is 0 Å². The molecule has 0 bridgehead atoms. The summed E-state index contributed by atoms with van der Waals surface area (Å²) in [5, 5.41) is 2.48. The normalized spacial score (nSPS) is 11.5. The molecule has 2 heterocycles. The van der Waals surface area contributed by atoms with Gasteiger partial charge in [0, 0.05) is 32.2 Å². The lowest BCUT2D eigenvalue weighted by Crippen LogP contribution is -2.20. The van der Waals surface area contributed by atoms with E-state index in [4.69, 9.17) is 0 Å². The van der Waals surface area contributed by atoms with E-state index < -0.39 is 10.0 Å². The van der Waals surface area contributed by atoms with E-state index in [1.807, 2.05) is 36.4 Å². The molecule has 2 N–H and O–H groups in total. The van der Waals surface area contributed by atoms with Gasteiger partial charge >= 0.3 is 0 Å². The molecular formula is C20H20N4O3S. The molecule has 1 aromatic carbocycles. The van der Waals surface area contributed by atoms with Crippen LogP contribution >= 0.6 is 0 Å². The third-order valence-corrected chi connectivity index (χ3v) is 5.37. The first-order valence-corrected chi connectivity index (χ1v) is 9.98. The average Bonchev–Trinajstić information content (AvgIpc) is 3.09. The Kier molecular flexibility index (Phi) is 5.60. The van der Waals surface area contributed by atoms with Crippen LogP contribution in [0, 0.1) is 0 Å². The zero-order chi connectivity index (χ0) is 20.1. The Morgan fingerprint density at radius 3 is 2.64 bits per heavy atom. The molecule has 0 aliphatic rings. The Bertz CT molecular complexity index is 1120. The summed E-state index contributed by atoms with van der Waals surface area (Å²) in [6, 6.07) is 14.0.